The fraction of sp³-hybridized carbons (Fsp3) is 0.750. The highest BCUT2D eigenvalue weighted by molar-refractivity contribution is 5.66. The molecule has 7 heteroatoms. The average molecular weight is 273 g/mol. The van der Waals surface area contributed by atoms with Gasteiger partial charge in [0.05, 0.1) is 6.42 Å². The zero-order valence-corrected chi connectivity index (χ0v) is 10.8. The number of aliphatic carboxylic acids is 1. The van der Waals surface area contributed by atoms with Crippen molar-refractivity contribution >= 4 is 5.97 Å². The molecule has 1 aromatic rings. The summed E-state index contributed by atoms with van der Waals surface area (Å²) in [7, 11) is 0. The smallest absolute Gasteiger partial charge is 0.305 e. The van der Waals surface area contributed by atoms with Gasteiger partial charge in [0.1, 0.15) is 11.6 Å². The molecule has 0 amide bonds. The molecule has 0 unspecified atom stereocenters. The Kier molecular flexibility index (Phi) is 3.82. The van der Waals surface area contributed by atoms with Crippen molar-refractivity contribution in [2.24, 2.45) is 0 Å². The summed E-state index contributed by atoms with van der Waals surface area (Å²) < 4.78 is 28.0. The molecular weight excluding hydrogens is 256 g/mol. The maximum atomic E-state index is 13.1. The molecule has 0 spiro atoms. The van der Waals surface area contributed by atoms with Crippen LogP contribution in [0.25, 0.3) is 0 Å². The molecule has 0 aliphatic heterocycles. The van der Waals surface area contributed by atoms with Crippen LogP contribution in [0.1, 0.15) is 49.7 Å². The maximum absolute atomic E-state index is 13.1. The van der Waals surface area contributed by atoms with Gasteiger partial charge in [-0.1, -0.05) is 0 Å². The molecule has 0 bridgehead atoms. The lowest BCUT2D eigenvalue weighted by molar-refractivity contribution is -0.137. The molecule has 0 atom stereocenters. The number of carbonyl (C=O) groups is 1. The van der Waals surface area contributed by atoms with E-state index in [9.17, 15) is 13.6 Å². The number of carboxylic acids is 1. The van der Waals surface area contributed by atoms with Crippen LogP contribution in [0.4, 0.5) is 8.78 Å². The van der Waals surface area contributed by atoms with Crippen LogP contribution < -0.4 is 0 Å². The minimum Gasteiger partial charge on any atom is -0.481 e. The largest absolute Gasteiger partial charge is 0.481 e. The summed E-state index contributed by atoms with van der Waals surface area (Å²) in [6.07, 6.45) is 0.455. The number of hydrogen-bond donors (Lipinski definition) is 1. The van der Waals surface area contributed by atoms with Crippen molar-refractivity contribution in [1.29, 1.82) is 0 Å². The third-order valence-electron chi connectivity index (χ3n) is 3.60. The highest BCUT2D eigenvalue weighted by Gasteiger charge is 2.37. The van der Waals surface area contributed by atoms with Gasteiger partial charge in [0.2, 0.25) is 5.92 Å². The van der Waals surface area contributed by atoms with Gasteiger partial charge in [-0.05, 0) is 19.8 Å². The second-order valence-corrected chi connectivity index (χ2v) is 5.03. The Morgan fingerprint density at radius 3 is 2.63 bits per heavy atom. The third kappa shape index (κ3) is 3.27. The second kappa shape index (κ2) is 5.22. The number of carboxylic acid groups (broad SMARTS) is 1. The van der Waals surface area contributed by atoms with Crippen LogP contribution in [0.3, 0.4) is 0 Å². The third-order valence-corrected chi connectivity index (χ3v) is 3.60. The van der Waals surface area contributed by atoms with Crippen molar-refractivity contribution in [3.05, 3.63) is 11.6 Å². The first-order chi connectivity index (χ1) is 8.89. The van der Waals surface area contributed by atoms with Gasteiger partial charge in [0.25, 0.3) is 0 Å². The lowest BCUT2D eigenvalue weighted by Crippen LogP contribution is -2.25. The van der Waals surface area contributed by atoms with Gasteiger partial charge in [-0.25, -0.2) is 8.78 Å². The maximum Gasteiger partial charge on any atom is 0.305 e. The summed E-state index contributed by atoms with van der Waals surface area (Å²) in [5, 5.41) is 16.7. The zero-order chi connectivity index (χ0) is 14.0. The summed E-state index contributed by atoms with van der Waals surface area (Å²) in [6.45, 7) is 2.03. The van der Waals surface area contributed by atoms with Gasteiger partial charge in [-0.3, -0.25) is 4.79 Å². The van der Waals surface area contributed by atoms with Gasteiger partial charge in [0.15, 0.2) is 0 Å². The van der Waals surface area contributed by atoms with Crippen LogP contribution in [0, 0.1) is 6.92 Å². The standard InChI is InChI=1S/C12H17F2N3O2/c1-8-15-16-11(17(8)7-4-10(18)19)9-2-5-12(13,14)6-3-9/h9H,2-7H2,1H3,(H,18,19). The Labute approximate surface area is 109 Å². The molecule has 19 heavy (non-hydrogen) atoms. The van der Waals surface area contributed by atoms with Gasteiger partial charge in [-0.2, -0.15) is 0 Å². The molecule has 1 aliphatic rings. The number of hydrogen-bond acceptors (Lipinski definition) is 3. The Balaban J connectivity index is 2.10. The van der Waals surface area contributed by atoms with E-state index in [1.165, 1.54) is 0 Å². The Hall–Kier alpha value is -1.53. The number of aryl methyl sites for hydroxylation is 1. The van der Waals surface area contributed by atoms with Crippen molar-refractivity contribution in [2.45, 2.75) is 57.4 Å². The average Bonchev–Trinajstić information content (AvgIpc) is 2.68. The van der Waals surface area contributed by atoms with E-state index in [4.69, 9.17) is 5.11 Å². The summed E-state index contributed by atoms with van der Waals surface area (Å²) >= 11 is 0. The van der Waals surface area contributed by atoms with E-state index >= 15 is 0 Å². The lowest BCUT2D eigenvalue weighted by atomic mass is 9.86. The summed E-state index contributed by atoms with van der Waals surface area (Å²) in [4.78, 5) is 10.6. The second-order valence-electron chi connectivity index (χ2n) is 5.03. The molecule has 2 rings (SSSR count). The predicted molar refractivity (Wildman–Crippen MR) is 63.2 cm³/mol. The van der Waals surface area contributed by atoms with Crippen LogP contribution in [0.2, 0.25) is 0 Å². The molecule has 1 aliphatic carbocycles. The van der Waals surface area contributed by atoms with E-state index in [2.05, 4.69) is 10.2 Å². The van der Waals surface area contributed by atoms with Gasteiger partial charge >= 0.3 is 5.97 Å². The fourth-order valence-electron chi connectivity index (χ4n) is 2.48. The molecule has 0 aromatic carbocycles. The van der Waals surface area contributed by atoms with Gasteiger partial charge < -0.3 is 9.67 Å². The molecule has 0 radical (unpaired) electrons. The number of halogens is 2. The first-order valence-electron chi connectivity index (χ1n) is 6.38. The van der Waals surface area contributed by atoms with Crippen molar-refractivity contribution in [3.63, 3.8) is 0 Å². The normalized spacial score (nSPS) is 19.5. The van der Waals surface area contributed by atoms with Crippen molar-refractivity contribution in [1.82, 2.24) is 14.8 Å². The van der Waals surface area contributed by atoms with Crippen LogP contribution >= 0.6 is 0 Å². The first-order valence-corrected chi connectivity index (χ1v) is 6.38. The molecule has 1 N–H and O–H groups in total. The predicted octanol–water partition coefficient (Wildman–Crippen LogP) is 2.35. The number of nitrogens with zero attached hydrogens (tertiary/aromatic N) is 3. The van der Waals surface area contributed by atoms with Crippen LogP contribution in [0.5, 0.6) is 0 Å². The van der Waals surface area contributed by atoms with E-state index in [-0.39, 0.29) is 31.7 Å². The number of alkyl halides is 2. The topological polar surface area (TPSA) is 68.0 Å². The van der Waals surface area contributed by atoms with E-state index < -0.39 is 11.9 Å². The Morgan fingerprint density at radius 1 is 1.42 bits per heavy atom. The lowest BCUT2D eigenvalue weighted by Gasteiger charge is -2.27. The van der Waals surface area contributed by atoms with Crippen molar-refractivity contribution in [2.75, 3.05) is 0 Å². The Morgan fingerprint density at radius 2 is 2.05 bits per heavy atom. The van der Waals surface area contributed by atoms with Crippen LogP contribution in [-0.2, 0) is 11.3 Å². The van der Waals surface area contributed by atoms with Gasteiger partial charge in [-0.15, -0.1) is 10.2 Å². The van der Waals surface area contributed by atoms with Crippen molar-refractivity contribution in [3.8, 4) is 0 Å². The first kappa shape index (κ1) is 13.9. The molecular formula is C12H17F2N3O2. The monoisotopic (exact) mass is 273 g/mol. The van der Waals surface area contributed by atoms with Crippen LogP contribution in [-0.4, -0.2) is 31.8 Å². The highest BCUT2D eigenvalue weighted by Crippen LogP contribution is 2.40. The summed E-state index contributed by atoms with van der Waals surface area (Å²) in [5.74, 6) is -2.23. The fourth-order valence-corrected chi connectivity index (χ4v) is 2.48. The van der Waals surface area contributed by atoms with E-state index in [1.54, 1.807) is 11.5 Å². The van der Waals surface area contributed by atoms with E-state index in [0.29, 0.717) is 24.5 Å². The molecule has 1 aromatic heterocycles. The highest BCUT2D eigenvalue weighted by atomic mass is 19.3. The molecule has 0 saturated heterocycles. The quantitative estimate of drug-likeness (QED) is 0.914. The van der Waals surface area contributed by atoms with E-state index in [1.807, 2.05) is 0 Å². The van der Waals surface area contributed by atoms with E-state index in [0.717, 1.165) is 0 Å². The molecule has 1 fully saturated rings. The molecule has 5 nitrogen and oxygen atoms in total. The molecule has 1 heterocycles. The molecule has 106 valence electrons. The number of rotatable bonds is 4. The SMILES string of the molecule is Cc1nnc(C2CCC(F)(F)CC2)n1CCC(=O)O. The summed E-state index contributed by atoms with van der Waals surface area (Å²) in [5.41, 5.74) is 0. The zero-order valence-electron chi connectivity index (χ0n) is 10.8. The molecule has 1 saturated carbocycles. The summed E-state index contributed by atoms with van der Waals surface area (Å²) in [6, 6.07) is 0. The van der Waals surface area contributed by atoms with Crippen molar-refractivity contribution < 1.29 is 18.7 Å². The van der Waals surface area contributed by atoms with Gasteiger partial charge in [0, 0.05) is 25.3 Å². The Bertz CT molecular complexity index is 464. The minimum absolute atomic E-state index is 0.0191. The number of aromatic nitrogens is 3. The van der Waals surface area contributed by atoms with Crippen LogP contribution in [0.15, 0.2) is 0 Å². The minimum atomic E-state index is -2.57.